The number of hydrogen-bond acceptors (Lipinski definition) is 4. The number of pyridine rings is 1. The van der Waals surface area contributed by atoms with Gasteiger partial charge in [-0.05, 0) is 17.7 Å². The molecule has 0 atom stereocenters. The average Bonchev–Trinajstić information content (AvgIpc) is 2.46. The lowest BCUT2D eigenvalue weighted by Crippen LogP contribution is -2.48. The van der Waals surface area contributed by atoms with Gasteiger partial charge in [-0.2, -0.15) is 13.2 Å². The fraction of sp³-hybridized carbons (Fsp3) is 0.538. The zero-order valence-corrected chi connectivity index (χ0v) is 11.3. The van der Waals surface area contributed by atoms with Crippen LogP contribution in [-0.2, 0) is 11.3 Å². The van der Waals surface area contributed by atoms with E-state index < -0.39 is 18.9 Å². The van der Waals surface area contributed by atoms with Crippen LogP contribution in [0.15, 0.2) is 24.5 Å². The summed E-state index contributed by atoms with van der Waals surface area (Å²) < 4.78 is 40.2. The number of halogens is 3. The maximum absolute atomic E-state index is 12.0. The highest BCUT2D eigenvalue weighted by atomic mass is 19.4. The Morgan fingerprint density at radius 3 is 2.38 bits per heavy atom. The summed E-state index contributed by atoms with van der Waals surface area (Å²) in [7, 11) is 0. The number of amides is 1. The number of nitrogens with zero attached hydrogens (tertiary/aromatic N) is 3. The fourth-order valence-corrected chi connectivity index (χ4v) is 2.07. The topological polar surface area (TPSA) is 45.7 Å². The lowest BCUT2D eigenvalue weighted by molar-refractivity contribution is -0.162. The third kappa shape index (κ3) is 5.22. The van der Waals surface area contributed by atoms with Crippen LogP contribution in [0.4, 0.5) is 18.0 Å². The van der Waals surface area contributed by atoms with Crippen molar-refractivity contribution in [3.63, 3.8) is 0 Å². The highest BCUT2D eigenvalue weighted by Gasteiger charge is 2.31. The number of carbonyl (C=O) groups excluding carboxylic acids is 1. The second-order valence-electron chi connectivity index (χ2n) is 4.79. The second kappa shape index (κ2) is 6.75. The van der Waals surface area contributed by atoms with Gasteiger partial charge in [0.05, 0.1) is 0 Å². The highest BCUT2D eigenvalue weighted by Crippen LogP contribution is 2.16. The molecule has 1 saturated heterocycles. The van der Waals surface area contributed by atoms with Crippen LogP contribution in [0, 0.1) is 0 Å². The maximum atomic E-state index is 12.0. The Balaban J connectivity index is 1.74. The largest absolute Gasteiger partial charge is 0.440 e. The molecule has 0 unspecified atom stereocenters. The number of aromatic nitrogens is 1. The molecule has 1 aromatic heterocycles. The summed E-state index contributed by atoms with van der Waals surface area (Å²) in [6, 6.07) is 3.81. The summed E-state index contributed by atoms with van der Waals surface area (Å²) in [6.45, 7) is 1.12. The Bertz CT molecular complexity index is 459. The van der Waals surface area contributed by atoms with Crippen molar-refractivity contribution in [2.45, 2.75) is 12.7 Å². The molecule has 116 valence electrons. The molecule has 1 fully saturated rings. The summed E-state index contributed by atoms with van der Waals surface area (Å²) in [5.41, 5.74) is 1.11. The number of carbonyl (C=O) groups is 1. The molecule has 1 aliphatic heterocycles. The lowest BCUT2D eigenvalue weighted by atomic mass is 10.2. The maximum Gasteiger partial charge on any atom is 0.422 e. The monoisotopic (exact) mass is 303 g/mol. The molecule has 1 amide bonds. The van der Waals surface area contributed by atoms with E-state index in [0.29, 0.717) is 26.2 Å². The summed E-state index contributed by atoms with van der Waals surface area (Å²) in [5, 5.41) is 0. The molecule has 0 radical (unpaired) electrons. The highest BCUT2D eigenvalue weighted by molar-refractivity contribution is 5.67. The van der Waals surface area contributed by atoms with Crippen molar-refractivity contribution in [2.75, 3.05) is 32.8 Å². The van der Waals surface area contributed by atoms with Gasteiger partial charge in [-0.15, -0.1) is 0 Å². The fourth-order valence-electron chi connectivity index (χ4n) is 2.07. The van der Waals surface area contributed by atoms with Gasteiger partial charge < -0.3 is 9.64 Å². The van der Waals surface area contributed by atoms with Crippen LogP contribution in [0.3, 0.4) is 0 Å². The minimum absolute atomic E-state index is 0.363. The molecule has 0 saturated carbocycles. The van der Waals surface area contributed by atoms with Gasteiger partial charge in [0.15, 0.2) is 6.61 Å². The molecule has 2 rings (SSSR count). The third-order valence-electron chi connectivity index (χ3n) is 3.15. The predicted molar refractivity (Wildman–Crippen MR) is 68.5 cm³/mol. The number of piperazine rings is 1. The molecule has 21 heavy (non-hydrogen) atoms. The first-order valence-electron chi connectivity index (χ1n) is 6.54. The molecule has 8 heteroatoms. The van der Waals surface area contributed by atoms with Crippen molar-refractivity contribution < 1.29 is 22.7 Å². The zero-order valence-electron chi connectivity index (χ0n) is 11.3. The minimum Gasteiger partial charge on any atom is -0.440 e. The summed E-state index contributed by atoms with van der Waals surface area (Å²) in [5.74, 6) is 0. The van der Waals surface area contributed by atoms with Crippen molar-refractivity contribution in [1.29, 1.82) is 0 Å². The summed E-state index contributed by atoms with van der Waals surface area (Å²) >= 11 is 0. The number of rotatable bonds is 3. The van der Waals surface area contributed by atoms with E-state index in [1.165, 1.54) is 4.90 Å². The van der Waals surface area contributed by atoms with Gasteiger partial charge in [0.2, 0.25) is 0 Å². The van der Waals surface area contributed by atoms with Gasteiger partial charge in [-0.1, -0.05) is 0 Å². The molecule has 0 N–H and O–H groups in total. The molecular formula is C13H16F3N3O2. The molecule has 5 nitrogen and oxygen atoms in total. The molecule has 0 bridgehead atoms. The van der Waals surface area contributed by atoms with Crippen LogP contribution in [0.1, 0.15) is 5.56 Å². The Morgan fingerprint density at radius 1 is 1.19 bits per heavy atom. The average molecular weight is 303 g/mol. The molecule has 0 aromatic carbocycles. The molecule has 0 spiro atoms. The van der Waals surface area contributed by atoms with Gasteiger partial charge in [0, 0.05) is 45.1 Å². The van der Waals surface area contributed by atoms with E-state index >= 15 is 0 Å². The van der Waals surface area contributed by atoms with Gasteiger partial charge >= 0.3 is 12.3 Å². The van der Waals surface area contributed by atoms with Crippen molar-refractivity contribution in [2.24, 2.45) is 0 Å². The molecular weight excluding hydrogens is 287 g/mol. The quantitative estimate of drug-likeness (QED) is 0.855. The third-order valence-corrected chi connectivity index (χ3v) is 3.15. The molecule has 0 aliphatic carbocycles. The van der Waals surface area contributed by atoms with Crippen molar-refractivity contribution in [3.05, 3.63) is 30.1 Å². The number of ether oxygens (including phenoxy) is 1. The predicted octanol–water partition coefficient (Wildman–Crippen LogP) is 1.90. The Hall–Kier alpha value is -1.83. The van der Waals surface area contributed by atoms with Crippen LogP contribution in [-0.4, -0.2) is 59.8 Å². The SMILES string of the molecule is O=C(OCC(F)(F)F)N1CCN(Cc2ccncc2)CC1. The van der Waals surface area contributed by atoms with Gasteiger partial charge in [0.25, 0.3) is 0 Å². The molecule has 1 aliphatic rings. The van der Waals surface area contributed by atoms with Crippen LogP contribution >= 0.6 is 0 Å². The van der Waals surface area contributed by atoms with Crippen LogP contribution in [0.25, 0.3) is 0 Å². The van der Waals surface area contributed by atoms with Gasteiger partial charge in [0.1, 0.15) is 0 Å². The lowest BCUT2D eigenvalue weighted by Gasteiger charge is -2.34. The first kappa shape index (κ1) is 15.6. The zero-order chi connectivity index (χ0) is 15.3. The van der Waals surface area contributed by atoms with Gasteiger partial charge in [-0.3, -0.25) is 9.88 Å². The van der Waals surface area contributed by atoms with E-state index in [9.17, 15) is 18.0 Å². The number of hydrogen-bond donors (Lipinski definition) is 0. The first-order chi connectivity index (χ1) is 9.94. The van der Waals surface area contributed by atoms with E-state index in [-0.39, 0.29) is 0 Å². The van der Waals surface area contributed by atoms with E-state index in [2.05, 4.69) is 14.6 Å². The summed E-state index contributed by atoms with van der Waals surface area (Å²) in [4.78, 5) is 18.8. The van der Waals surface area contributed by atoms with Crippen molar-refractivity contribution in [3.8, 4) is 0 Å². The Morgan fingerprint density at radius 2 is 1.81 bits per heavy atom. The van der Waals surface area contributed by atoms with Crippen LogP contribution < -0.4 is 0 Å². The van der Waals surface area contributed by atoms with Crippen LogP contribution in [0.2, 0.25) is 0 Å². The Labute approximate surface area is 120 Å². The van der Waals surface area contributed by atoms with E-state index in [1.54, 1.807) is 12.4 Å². The normalized spacial score (nSPS) is 16.8. The van der Waals surface area contributed by atoms with Crippen molar-refractivity contribution in [1.82, 2.24) is 14.8 Å². The van der Waals surface area contributed by atoms with E-state index in [4.69, 9.17) is 0 Å². The van der Waals surface area contributed by atoms with E-state index in [0.717, 1.165) is 12.1 Å². The standard InChI is InChI=1S/C13H16F3N3O2/c14-13(15,16)10-21-12(20)19-7-5-18(6-8-19)9-11-1-3-17-4-2-11/h1-4H,5-10H2. The summed E-state index contributed by atoms with van der Waals surface area (Å²) in [6.07, 6.45) is -1.98. The number of alkyl halides is 3. The Kier molecular flexibility index (Phi) is 5.00. The molecule has 2 heterocycles. The van der Waals surface area contributed by atoms with Gasteiger partial charge in [-0.25, -0.2) is 4.79 Å². The first-order valence-corrected chi connectivity index (χ1v) is 6.54. The smallest absolute Gasteiger partial charge is 0.422 e. The second-order valence-corrected chi connectivity index (χ2v) is 4.79. The van der Waals surface area contributed by atoms with Crippen LogP contribution in [0.5, 0.6) is 0 Å². The van der Waals surface area contributed by atoms with E-state index in [1.807, 2.05) is 12.1 Å². The molecule has 1 aromatic rings. The van der Waals surface area contributed by atoms with Crippen molar-refractivity contribution >= 4 is 6.09 Å². The minimum atomic E-state index is -4.49.